The summed E-state index contributed by atoms with van der Waals surface area (Å²) in [5.74, 6) is -0.109. The minimum absolute atomic E-state index is 0.0307. The van der Waals surface area contributed by atoms with E-state index in [1.54, 1.807) is 60.7 Å². The minimum Gasteiger partial charge on any atom is -0.426 e. The lowest BCUT2D eigenvalue weighted by Gasteiger charge is -2.14. The van der Waals surface area contributed by atoms with Crippen molar-refractivity contribution in [3.05, 3.63) is 179 Å². The van der Waals surface area contributed by atoms with Crippen molar-refractivity contribution in [1.29, 1.82) is 10.8 Å². The van der Waals surface area contributed by atoms with Crippen LogP contribution in [0.5, 0.6) is 5.75 Å². The number of esters is 1. The summed E-state index contributed by atoms with van der Waals surface area (Å²) >= 11 is 0. The molecule has 0 bridgehead atoms. The van der Waals surface area contributed by atoms with Crippen molar-refractivity contribution in [2.75, 3.05) is 21.3 Å². The number of hydrogen-bond donors (Lipinski definition) is 8. The molecule has 0 radical (unpaired) electrons. The molecular weight excluding hydrogens is 1100 g/mol. The van der Waals surface area contributed by atoms with E-state index in [0.29, 0.717) is 77.8 Å². The van der Waals surface area contributed by atoms with Crippen molar-refractivity contribution in [1.82, 2.24) is 10.8 Å². The summed E-state index contributed by atoms with van der Waals surface area (Å²) in [5.41, 5.74) is 11.9. The highest BCUT2D eigenvalue weighted by Crippen LogP contribution is 2.26. The third-order valence-corrected chi connectivity index (χ3v) is 10.8. The van der Waals surface area contributed by atoms with Crippen molar-refractivity contribution in [2.24, 2.45) is 15.2 Å². The Labute approximate surface area is 522 Å². The number of benzene rings is 6. The largest absolute Gasteiger partial charge is 0.426 e. The van der Waals surface area contributed by atoms with Crippen LogP contribution in [-0.4, -0.2) is 71.4 Å². The summed E-state index contributed by atoms with van der Waals surface area (Å²) in [7, 11) is 0. The van der Waals surface area contributed by atoms with E-state index < -0.39 is 5.91 Å². The van der Waals surface area contributed by atoms with Gasteiger partial charge in [0.15, 0.2) is 15.8 Å². The van der Waals surface area contributed by atoms with Crippen molar-refractivity contribution in [2.45, 2.75) is 134 Å². The molecule has 0 atom stereocenters. The van der Waals surface area contributed by atoms with Gasteiger partial charge in [0.2, 0.25) is 23.6 Å². The van der Waals surface area contributed by atoms with Gasteiger partial charge >= 0.3 is 5.97 Å². The van der Waals surface area contributed by atoms with Crippen LogP contribution >= 0.6 is 0 Å². The smallest absolute Gasteiger partial charge is 0.315 e. The van der Waals surface area contributed by atoms with Gasteiger partial charge in [0, 0.05) is 65.9 Å². The number of rotatable bonds is 0. The molecule has 19 heteroatoms. The van der Waals surface area contributed by atoms with E-state index in [-0.39, 0.29) is 72.7 Å². The first-order chi connectivity index (χ1) is 44.8. The fourth-order valence-corrected chi connectivity index (χ4v) is 7.30. The fraction of sp³-hybridized carbons (Fsp3) is 0.294. The fourth-order valence-electron chi connectivity index (χ4n) is 7.30. The Morgan fingerprint density at radius 2 is 0.839 bits per heavy atom. The first kappa shape index (κ1) is 64.5. The molecule has 6 aromatic carbocycles. The zero-order valence-electron chi connectivity index (χ0n) is 58.0. The number of ketones is 2. The predicted octanol–water partition coefficient (Wildman–Crippen LogP) is 13.9. The number of para-hydroxylation sites is 6. The summed E-state index contributed by atoms with van der Waals surface area (Å²) in [6, 6.07) is 44.1. The number of hydrazone groups is 2. The van der Waals surface area contributed by atoms with E-state index in [1.165, 1.54) is 5.56 Å². The molecule has 87 heavy (non-hydrogen) atoms. The zero-order valence-corrected chi connectivity index (χ0v) is 52.0. The van der Waals surface area contributed by atoms with Gasteiger partial charge in [-0.05, 0) is 65.2 Å². The van der Waals surface area contributed by atoms with Gasteiger partial charge in [0.25, 0.3) is 0 Å². The van der Waals surface area contributed by atoms with Crippen molar-refractivity contribution < 1.29 is 46.6 Å². The number of ether oxygens (including phenoxy) is 1. The van der Waals surface area contributed by atoms with Crippen molar-refractivity contribution in [3.8, 4) is 5.75 Å². The van der Waals surface area contributed by atoms with Crippen LogP contribution in [-0.2, 0) is 49.7 Å². The molecule has 0 aromatic heterocycles. The third kappa shape index (κ3) is 27.0. The number of anilines is 4. The molecule has 8 aliphatic rings. The van der Waals surface area contributed by atoms with Crippen molar-refractivity contribution in [3.63, 3.8) is 0 Å². The number of amidine groups is 2. The van der Waals surface area contributed by atoms with Crippen molar-refractivity contribution >= 4 is 99.8 Å². The lowest BCUT2D eigenvalue weighted by molar-refractivity contribution is -0.132. The van der Waals surface area contributed by atoms with Crippen LogP contribution in [0.3, 0.4) is 0 Å². The molecule has 0 spiro atoms. The van der Waals surface area contributed by atoms with E-state index in [4.69, 9.17) is 23.9 Å². The maximum Gasteiger partial charge on any atom is 0.315 e. The van der Waals surface area contributed by atoms with Gasteiger partial charge < -0.3 is 26.0 Å². The van der Waals surface area contributed by atoms with Gasteiger partial charge in [-0.2, -0.15) is 10.2 Å². The standard InChI is InChI=1S/2C9H7NO2.2C8H7NO.C8H7N.C8H6O2.2C3H5N3.6C2H6/c2*11-8-5-9(12)10-7-4-2-1-3-6(7)8;2*10-8-5-6-3-1-2-4-7(6)9-8;1-2-4-8-7(3-1)5-6-9-8;9-8-5-6-3-1-2-4-7(6)10-8;2*4-3-1-2-5-6-3;6*1-2/h2*1-4H,5H2,(H,10,12);2*1-4H,5H2,(H,9,10);1-4,6H,5H2;1-4H,5H2;2*2H,1H2,(H2,4,6);6*1-2H3/i;;;;6T;;2*2T;;;;;;/hT3. The van der Waals surface area contributed by atoms with E-state index >= 15 is 0 Å². The maximum absolute atomic E-state index is 11.3. The Kier molecular flexibility index (Phi) is 33.0. The quantitative estimate of drug-likeness (QED) is 0.0404. The van der Waals surface area contributed by atoms with Gasteiger partial charge in [0.1, 0.15) is 17.4 Å². The summed E-state index contributed by atoms with van der Waals surface area (Å²) in [6.07, 6.45) is 3.18. The summed E-state index contributed by atoms with van der Waals surface area (Å²) in [4.78, 5) is 81.0. The number of nitrogens with one attached hydrogen (secondary N) is 8. The second-order valence-electron chi connectivity index (χ2n) is 16.4. The molecule has 8 heterocycles. The Hall–Kier alpha value is -10.0. The molecule has 0 saturated carbocycles. The van der Waals surface area contributed by atoms with Crippen LogP contribution < -0.4 is 36.8 Å². The third-order valence-electron chi connectivity index (χ3n) is 10.8. The van der Waals surface area contributed by atoms with Crippen LogP contribution in [0, 0.1) is 10.8 Å². The number of aliphatic imine (C=N–C) groups is 1. The number of fused-ring (bicyclic) bond motifs is 6. The monoisotopic (exact) mass is 1200 g/mol. The van der Waals surface area contributed by atoms with Crippen LogP contribution in [0.1, 0.15) is 156 Å². The highest BCUT2D eigenvalue weighted by atomic mass is 16.5. The number of hydrogen-bond acceptors (Lipinski definition) is 13. The summed E-state index contributed by atoms with van der Waals surface area (Å²) in [5, 5.41) is 27.6. The molecule has 6 aromatic rings. The van der Waals surface area contributed by atoms with Gasteiger partial charge in [-0.3, -0.25) is 60.2 Å². The Morgan fingerprint density at radius 1 is 0.414 bits per heavy atom. The van der Waals surface area contributed by atoms with Crippen LogP contribution in [0.4, 0.5) is 28.4 Å². The molecule has 19 nitrogen and oxygen atoms in total. The molecule has 0 fully saturated rings. The number of Topliss-reactive ketones (excluding diaryl/α,β-unsaturated/α-hetero) is 2. The molecule has 0 unspecified atom stereocenters. The van der Waals surface area contributed by atoms with Crippen LogP contribution in [0.15, 0.2) is 161 Å². The molecule has 4 amide bonds. The number of amides is 4. The van der Waals surface area contributed by atoms with E-state index in [1.807, 2.05) is 168 Å². The molecule has 0 saturated heterocycles. The SMILES string of the molecule is CC.CC.CC.CC.CC.CC.O=C1CC(=O)c2ccccc2N1.O=C1Cc2ccccc2N1.O=C1Cc2ccccc2O1.[3H]C1=NN([3H])C(=N)C1.[3H]C1=NNC(=N)C1.[3H]C1=Nc2ccccc2C1.[3H]N1C(=O)CC(=O)c2ccccc21.[3H]N1C(=O)Cc2ccccc21. The van der Waals surface area contributed by atoms with Crippen LogP contribution in [0.25, 0.3) is 0 Å². The number of nitrogens with zero attached hydrogens (tertiary/aromatic N) is 3. The number of carbonyl (C=O) groups is 7. The lowest BCUT2D eigenvalue weighted by Crippen LogP contribution is -2.23. The van der Waals surface area contributed by atoms with E-state index in [9.17, 15) is 33.6 Å². The first-order valence-corrected chi connectivity index (χ1v) is 29.1. The summed E-state index contributed by atoms with van der Waals surface area (Å²) in [6.45, 7) is 24.0. The molecular formula is C68H87N11O8. The van der Waals surface area contributed by atoms with Gasteiger partial charge in [-0.1, -0.05) is 180 Å². The van der Waals surface area contributed by atoms with E-state index in [2.05, 4.69) is 31.3 Å². The molecule has 14 rings (SSSR count). The Morgan fingerprint density at radius 3 is 1.34 bits per heavy atom. The van der Waals surface area contributed by atoms with E-state index in [0.717, 1.165) is 44.4 Å². The van der Waals surface area contributed by atoms with Crippen LogP contribution in [0.2, 0.25) is 4.24 Å². The maximum atomic E-state index is 11.3. The number of carbonyl (C=O) groups excluding carboxylic acids is 7. The lowest BCUT2D eigenvalue weighted by atomic mass is 10.0. The Bertz CT molecular complexity index is 3450. The molecule has 462 valence electrons. The highest BCUT2D eigenvalue weighted by Gasteiger charge is 2.23. The molecule has 0 aliphatic carbocycles. The second kappa shape index (κ2) is 44.5. The second-order valence-corrected chi connectivity index (χ2v) is 16.4. The minimum atomic E-state index is -0.469. The topological polar surface area (TPSA) is 286 Å². The average molecular weight is 1200 g/mol. The van der Waals surface area contributed by atoms with Gasteiger partial charge in [-0.25, -0.2) is 0 Å². The van der Waals surface area contributed by atoms with Gasteiger partial charge in [0.05, 0.1) is 53.3 Å². The first-order valence-electron chi connectivity index (χ1n) is 32.0. The normalized spacial score (nSPS) is 15.3. The van der Waals surface area contributed by atoms with Gasteiger partial charge in [-0.15, -0.1) is 0 Å². The molecule has 8 aliphatic heterocycles. The average Bonchev–Trinajstić information content (AvgIpc) is 2.90. The highest BCUT2D eigenvalue weighted by molar-refractivity contribution is 6.19. The Balaban J connectivity index is 0.000000521. The molecule has 8 N–H and O–H groups in total. The summed E-state index contributed by atoms with van der Waals surface area (Å²) < 4.78 is 47.2. The predicted molar refractivity (Wildman–Crippen MR) is 356 cm³/mol. The zero-order chi connectivity index (χ0) is 70.2.